The normalized spacial score (nSPS) is 16.8. The van der Waals surface area contributed by atoms with Crippen molar-refractivity contribution in [3.8, 4) is 17.0 Å². The molecule has 0 atom stereocenters. The van der Waals surface area contributed by atoms with Crippen molar-refractivity contribution < 1.29 is 27.4 Å². The van der Waals surface area contributed by atoms with E-state index < -0.39 is 27.8 Å². The summed E-state index contributed by atoms with van der Waals surface area (Å²) in [5.74, 6) is -0.914. The van der Waals surface area contributed by atoms with Gasteiger partial charge in [0.15, 0.2) is 11.6 Å². The van der Waals surface area contributed by atoms with E-state index in [0.717, 1.165) is 42.1 Å². The predicted octanol–water partition coefficient (Wildman–Crippen LogP) is 6.19. The number of anilines is 2. The van der Waals surface area contributed by atoms with E-state index in [1.165, 1.54) is 36.3 Å². The fourth-order valence-corrected chi connectivity index (χ4v) is 6.94. The maximum Gasteiger partial charge on any atom is 0.407 e. The summed E-state index contributed by atoms with van der Waals surface area (Å²) < 4.78 is 48.7. The molecule has 1 aliphatic carbocycles. The number of nitrogens with zero attached hydrogens (tertiary/aromatic N) is 4. The summed E-state index contributed by atoms with van der Waals surface area (Å²) in [6.45, 7) is 1.98. The number of aromatic nitrogens is 3. The number of carbonyl (C=O) groups is 1. The molecule has 0 radical (unpaired) electrons. The molecule has 2 heterocycles. The number of carboxylic acid groups (broad SMARTS) is 1. The lowest BCUT2D eigenvalue weighted by Gasteiger charge is -2.33. The van der Waals surface area contributed by atoms with Crippen molar-refractivity contribution in [1.82, 2.24) is 19.9 Å². The van der Waals surface area contributed by atoms with Crippen LogP contribution in [0.1, 0.15) is 38.2 Å². The summed E-state index contributed by atoms with van der Waals surface area (Å²) in [6.07, 6.45) is 4.50. The van der Waals surface area contributed by atoms with Crippen molar-refractivity contribution in [1.29, 1.82) is 0 Å². The van der Waals surface area contributed by atoms with Crippen LogP contribution in [0.3, 0.4) is 0 Å². The molecule has 11 nitrogen and oxygen atoms in total. The van der Waals surface area contributed by atoms with Crippen LogP contribution in [-0.4, -0.2) is 65.7 Å². The van der Waals surface area contributed by atoms with Crippen molar-refractivity contribution in [3.63, 3.8) is 0 Å². The molecule has 0 saturated heterocycles. The lowest BCUT2D eigenvalue weighted by Crippen LogP contribution is -2.41. The minimum Gasteiger partial charge on any atom is -0.480 e. The number of amides is 1. The third kappa shape index (κ3) is 6.48. The number of halogens is 2. The molecule has 0 unspecified atom stereocenters. The first-order chi connectivity index (χ1) is 21.0. The SMILES string of the molecule is CCc1cc(-c2cc(F)c(NS(=O)(=O)c3ccccc3Cl)nc2OC)cc2cnc(NC3CCC(N(C)C(=O)O)CC3)nc12. The number of rotatable bonds is 9. The van der Waals surface area contributed by atoms with Gasteiger partial charge in [-0.15, -0.1) is 0 Å². The molecular weight excluding hydrogens is 611 g/mol. The number of benzene rings is 2. The first-order valence-electron chi connectivity index (χ1n) is 14.0. The number of sulfonamides is 1. The highest BCUT2D eigenvalue weighted by molar-refractivity contribution is 7.92. The smallest absolute Gasteiger partial charge is 0.407 e. The van der Waals surface area contributed by atoms with Gasteiger partial charge in [-0.3, -0.25) is 4.72 Å². The lowest BCUT2D eigenvalue weighted by molar-refractivity contribution is 0.125. The molecule has 0 bridgehead atoms. The van der Waals surface area contributed by atoms with Gasteiger partial charge in [-0.1, -0.05) is 30.7 Å². The fourth-order valence-electron chi connectivity index (χ4n) is 5.41. The molecule has 1 saturated carbocycles. The molecule has 2 aromatic heterocycles. The Morgan fingerprint density at radius 3 is 2.55 bits per heavy atom. The fraction of sp³-hybridized carbons (Fsp3) is 0.333. The van der Waals surface area contributed by atoms with Gasteiger partial charge in [0.2, 0.25) is 11.8 Å². The molecule has 5 rings (SSSR count). The van der Waals surface area contributed by atoms with Crippen molar-refractivity contribution in [2.24, 2.45) is 0 Å². The summed E-state index contributed by atoms with van der Waals surface area (Å²) in [5.41, 5.74) is 2.56. The highest BCUT2D eigenvalue weighted by Crippen LogP contribution is 2.36. The highest BCUT2D eigenvalue weighted by Gasteiger charge is 2.27. The Bertz CT molecular complexity index is 1820. The number of nitrogens with one attached hydrogen (secondary N) is 2. The standard InChI is InChI=1S/C30H32ClFN6O5S/c1-4-17-13-18(14-19-16-33-29(35-26(17)19)34-20-9-11-21(12-10-20)38(2)30(39)40)22-15-24(32)27(36-28(22)43-3)37-44(41,42)25-8-6-5-7-23(25)31/h5-8,13-16,20-21H,4,9-12H2,1-3H3,(H,36,37)(H,39,40)(H,33,34,35). The van der Waals surface area contributed by atoms with Gasteiger partial charge in [0.05, 0.1) is 17.6 Å². The quantitative estimate of drug-likeness (QED) is 0.194. The molecule has 14 heteroatoms. The van der Waals surface area contributed by atoms with Gasteiger partial charge in [-0.05, 0) is 73.6 Å². The maximum absolute atomic E-state index is 15.3. The van der Waals surface area contributed by atoms with Crippen LogP contribution < -0.4 is 14.8 Å². The first kappa shape index (κ1) is 31.2. The van der Waals surface area contributed by atoms with Crippen LogP contribution in [0.25, 0.3) is 22.0 Å². The van der Waals surface area contributed by atoms with E-state index in [4.69, 9.17) is 21.3 Å². The van der Waals surface area contributed by atoms with Crippen molar-refractivity contribution in [3.05, 3.63) is 65.1 Å². The minimum atomic E-state index is -4.22. The minimum absolute atomic E-state index is 0.00103. The van der Waals surface area contributed by atoms with Gasteiger partial charge in [-0.25, -0.2) is 27.6 Å². The van der Waals surface area contributed by atoms with Crippen molar-refractivity contribution in [2.45, 2.75) is 56.0 Å². The Labute approximate surface area is 259 Å². The Kier molecular flexibility index (Phi) is 9.07. The third-order valence-corrected chi connectivity index (χ3v) is 9.66. The molecule has 44 heavy (non-hydrogen) atoms. The molecule has 0 aliphatic heterocycles. The van der Waals surface area contributed by atoms with Crippen LogP contribution in [0.15, 0.2) is 53.6 Å². The third-order valence-electron chi connectivity index (χ3n) is 7.82. The average molecular weight is 643 g/mol. The van der Waals surface area contributed by atoms with Crippen LogP contribution in [-0.2, 0) is 16.4 Å². The van der Waals surface area contributed by atoms with E-state index >= 15 is 4.39 Å². The van der Waals surface area contributed by atoms with Crippen molar-refractivity contribution in [2.75, 3.05) is 24.2 Å². The largest absolute Gasteiger partial charge is 0.480 e. The monoisotopic (exact) mass is 642 g/mol. The zero-order valence-electron chi connectivity index (χ0n) is 24.3. The van der Waals surface area contributed by atoms with E-state index in [0.29, 0.717) is 23.5 Å². The summed E-state index contributed by atoms with van der Waals surface area (Å²) in [6, 6.07) is 10.8. The van der Waals surface area contributed by atoms with E-state index in [2.05, 4.69) is 20.0 Å². The number of hydrogen-bond acceptors (Lipinski definition) is 8. The van der Waals surface area contributed by atoms with Gasteiger partial charge in [0.25, 0.3) is 10.0 Å². The van der Waals surface area contributed by atoms with E-state index in [-0.39, 0.29) is 27.9 Å². The number of aryl methyl sites for hydroxylation is 1. The lowest BCUT2D eigenvalue weighted by atomic mass is 9.90. The Hall–Kier alpha value is -4.23. The van der Waals surface area contributed by atoms with Gasteiger partial charge in [0.1, 0.15) is 4.90 Å². The van der Waals surface area contributed by atoms with Crippen LogP contribution in [0.4, 0.5) is 21.0 Å². The molecule has 1 amide bonds. The number of ether oxygens (including phenoxy) is 1. The summed E-state index contributed by atoms with van der Waals surface area (Å²) >= 11 is 6.05. The van der Waals surface area contributed by atoms with E-state index in [1.807, 2.05) is 13.0 Å². The second-order valence-electron chi connectivity index (χ2n) is 10.6. The van der Waals surface area contributed by atoms with Crippen LogP contribution in [0, 0.1) is 5.82 Å². The second kappa shape index (κ2) is 12.8. The zero-order chi connectivity index (χ0) is 31.6. The zero-order valence-corrected chi connectivity index (χ0v) is 25.9. The highest BCUT2D eigenvalue weighted by atomic mass is 35.5. The molecule has 3 N–H and O–H groups in total. The summed E-state index contributed by atoms with van der Waals surface area (Å²) in [5, 5.41) is 13.4. The van der Waals surface area contributed by atoms with Crippen LogP contribution in [0.2, 0.25) is 5.02 Å². The number of pyridine rings is 1. The topological polar surface area (TPSA) is 147 Å². The number of hydrogen-bond donors (Lipinski definition) is 3. The maximum atomic E-state index is 15.3. The van der Waals surface area contributed by atoms with Gasteiger partial charge in [-0.2, -0.15) is 4.98 Å². The summed E-state index contributed by atoms with van der Waals surface area (Å²) in [4.78, 5) is 25.9. The van der Waals surface area contributed by atoms with Crippen LogP contribution in [0.5, 0.6) is 5.88 Å². The number of fused-ring (bicyclic) bond motifs is 1. The van der Waals surface area contributed by atoms with Crippen LogP contribution >= 0.6 is 11.6 Å². The molecule has 232 valence electrons. The molecule has 1 fully saturated rings. The van der Waals surface area contributed by atoms with E-state index in [1.54, 1.807) is 25.4 Å². The Balaban J connectivity index is 1.40. The molecule has 1 aliphatic rings. The Morgan fingerprint density at radius 1 is 1.16 bits per heavy atom. The molecule has 4 aromatic rings. The van der Waals surface area contributed by atoms with Gasteiger partial charge >= 0.3 is 6.09 Å². The Morgan fingerprint density at radius 2 is 1.89 bits per heavy atom. The van der Waals surface area contributed by atoms with Gasteiger partial charge < -0.3 is 20.1 Å². The first-order valence-corrected chi connectivity index (χ1v) is 15.9. The molecule has 2 aromatic carbocycles. The average Bonchev–Trinajstić information content (AvgIpc) is 3.01. The predicted molar refractivity (Wildman–Crippen MR) is 166 cm³/mol. The molecule has 0 spiro atoms. The van der Waals surface area contributed by atoms with E-state index in [9.17, 15) is 18.3 Å². The number of methoxy groups -OCH3 is 1. The molecular formula is C30H32ClFN6O5S. The summed E-state index contributed by atoms with van der Waals surface area (Å²) in [7, 11) is -1.25. The van der Waals surface area contributed by atoms with Gasteiger partial charge in [0, 0.05) is 36.3 Å². The van der Waals surface area contributed by atoms with Crippen molar-refractivity contribution >= 4 is 50.4 Å². The second-order valence-corrected chi connectivity index (χ2v) is 12.6.